The van der Waals surface area contributed by atoms with Gasteiger partial charge in [-0.25, -0.2) is 4.79 Å². The van der Waals surface area contributed by atoms with Crippen molar-refractivity contribution in [2.75, 3.05) is 13.1 Å². The van der Waals surface area contributed by atoms with Gasteiger partial charge in [-0.05, 0) is 52.4 Å². The first-order valence-electron chi connectivity index (χ1n) is 7.60. The van der Waals surface area contributed by atoms with Crippen molar-refractivity contribution in [2.45, 2.75) is 64.5 Å². The van der Waals surface area contributed by atoms with E-state index >= 15 is 0 Å². The highest BCUT2D eigenvalue weighted by Gasteiger charge is 2.41. The summed E-state index contributed by atoms with van der Waals surface area (Å²) in [6.45, 7) is 6.22. The van der Waals surface area contributed by atoms with Gasteiger partial charge < -0.3 is 14.9 Å². The number of urea groups is 1. The van der Waals surface area contributed by atoms with Gasteiger partial charge in [0.2, 0.25) is 0 Å². The Hall–Kier alpha value is -1.26. The first-order valence-corrected chi connectivity index (χ1v) is 7.60. The molecular weight excluding hydrogens is 256 g/mol. The van der Waals surface area contributed by atoms with Crippen molar-refractivity contribution < 1.29 is 14.7 Å². The van der Waals surface area contributed by atoms with Crippen LogP contribution in [0.25, 0.3) is 0 Å². The molecule has 0 aromatic carbocycles. The van der Waals surface area contributed by atoms with Gasteiger partial charge in [0.25, 0.3) is 0 Å². The number of piperidine rings is 1. The SMILES string of the molecule is CC(C)(C)N(CC(=O)O)C(=O)N1CCCC2CCCC21. The maximum atomic E-state index is 12.8. The number of carbonyl (C=O) groups is 2. The first kappa shape index (κ1) is 15.1. The summed E-state index contributed by atoms with van der Waals surface area (Å²) in [6.07, 6.45) is 5.72. The number of aliphatic carboxylic acids is 1. The molecule has 0 spiro atoms. The number of hydrogen-bond donors (Lipinski definition) is 1. The van der Waals surface area contributed by atoms with E-state index in [1.165, 1.54) is 24.2 Å². The summed E-state index contributed by atoms with van der Waals surface area (Å²) in [5.41, 5.74) is -0.471. The zero-order valence-electron chi connectivity index (χ0n) is 12.8. The van der Waals surface area contributed by atoms with Gasteiger partial charge in [-0.1, -0.05) is 6.42 Å². The Morgan fingerprint density at radius 2 is 1.85 bits per heavy atom. The summed E-state index contributed by atoms with van der Waals surface area (Å²) in [6, 6.07) is 0.228. The van der Waals surface area contributed by atoms with E-state index in [1.807, 2.05) is 25.7 Å². The molecule has 20 heavy (non-hydrogen) atoms. The number of amides is 2. The van der Waals surface area contributed by atoms with Crippen LogP contribution < -0.4 is 0 Å². The Kier molecular flexibility index (Phi) is 4.25. The Bertz CT molecular complexity index is 389. The summed E-state index contributed by atoms with van der Waals surface area (Å²) >= 11 is 0. The molecule has 0 radical (unpaired) electrons. The van der Waals surface area contributed by atoms with Crippen molar-refractivity contribution in [3.8, 4) is 0 Å². The molecule has 1 N–H and O–H groups in total. The Labute approximate surface area is 120 Å². The minimum atomic E-state index is -0.951. The average molecular weight is 282 g/mol. The van der Waals surface area contributed by atoms with Gasteiger partial charge >= 0.3 is 12.0 Å². The van der Waals surface area contributed by atoms with Crippen molar-refractivity contribution in [1.29, 1.82) is 0 Å². The lowest BCUT2D eigenvalue weighted by Gasteiger charge is -2.44. The van der Waals surface area contributed by atoms with Crippen LogP contribution in [0, 0.1) is 5.92 Å². The number of carbonyl (C=O) groups excluding carboxylic acids is 1. The lowest BCUT2D eigenvalue weighted by molar-refractivity contribution is -0.138. The first-order chi connectivity index (χ1) is 9.30. The second kappa shape index (κ2) is 5.62. The van der Waals surface area contributed by atoms with Gasteiger partial charge in [0.15, 0.2) is 0 Å². The van der Waals surface area contributed by atoms with Gasteiger partial charge in [0.1, 0.15) is 6.54 Å². The predicted octanol–water partition coefficient (Wildman–Crippen LogP) is 2.56. The molecule has 114 valence electrons. The normalized spacial score (nSPS) is 26.2. The summed E-state index contributed by atoms with van der Waals surface area (Å²) in [5.74, 6) is -0.326. The summed E-state index contributed by atoms with van der Waals surface area (Å²) < 4.78 is 0. The van der Waals surface area contributed by atoms with Crippen molar-refractivity contribution in [1.82, 2.24) is 9.80 Å². The van der Waals surface area contributed by atoms with E-state index < -0.39 is 11.5 Å². The minimum Gasteiger partial charge on any atom is -0.480 e. The summed E-state index contributed by atoms with van der Waals surface area (Å²) in [5, 5.41) is 9.07. The van der Waals surface area contributed by atoms with Crippen LogP contribution in [0.3, 0.4) is 0 Å². The quantitative estimate of drug-likeness (QED) is 0.846. The van der Waals surface area contributed by atoms with E-state index in [9.17, 15) is 9.59 Å². The Balaban J connectivity index is 2.16. The molecular formula is C15H26N2O3. The van der Waals surface area contributed by atoms with Crippen LogP contribution in [0.2, 0.25) is 0 Å². The third-order valence-electron chi connectivity index (χ3n) is 4.57. The fraction of sp³-hybridized carbons (Fsp3) is 0.867. The Morgan fingerprint density at radius 3 is 2.45 bits per heavy atom. The number of carboxylic acids is 1. The topological polar surface area (TPSA) is 60.9 Å². The van der Waals surface area contributed by atoms with Crippen LogP contribution in [0.15, 0.2) is 0 Å². The molecule has 2 aliphatic rings. The highest BCUT2D eigenvalue weighted by molar-refractivity contribution is 5.81. The van der Waals surface area contributed by atoms with Gasteiger partial charge in [-0.2, -0.15) is 0 Å². The highest BCUT2D eigenvalue weighted by atomic mass is 16.4. The van der Waals surface area contributed by atoms with Gasteiger partial charge in [-0.15, -0.1) is 0 Å². The largest absolute Gasteiger partial charge is 0.480 e. The van der Waals surface area contributed by atoms with Crippen molar-refractivity contribution in [2.24, 2.45) is 5.92 Å². The van der Waals surface area contributed by atoms with E-state index in [4.69, 9.17) is 5.11 Å². The molecule has 1 aliphatic carbocycles. The molecule has 1 saturated heterocycles. The zero-order chi connectivity index (χ0) is 14.9. The second-order valence-corrected chi connectivity index (χ2v) is 7.03. The minimum absolute atomic E-state index is 0.100. The molecule has 0 aromatic heterocycles. The molecule has 2 atom stereocenters. The van der Waals surface area contributed by atoms with Crippen molar-refractivity contribution in [3.63, 3.8) is 0 Å². The van der Waals surface area contributed by atoms with Crippen molar-refractivity contribution >= 4 is 12.0 Å². The third kappa shape index (κ3) is 3.07. The summed E-state index contributed by atoms with van der Waals surface area (Å²) in [4.78, 5) is 27.3. The number of hydrogen-bond acceptors (Lipinski definition) is 2. The maximum Gasteiger partial charge on any atom is 0.323 e. The number of likely N-dealkylation sites (tertiary alicyclic amines) is 1. The maximum absolute atomic E-state index is 12.8. The average Bonchev–Trinajstić information content (AvgIpc) is 2.81. The van der Waals surface area contributed by atoms with Crippen LogP contribution in [0.5, 0.6) is 0 Å². The fourth-order valence-corrected chi connectivity index (χ4v) is 3.57. The number of carboxylic acid groups (broad SMARTS) is 1. The van der Waals surface area contributed by atoms with Crippen molar-refractivity contribution in [3.05, 3.63) is 0 Å². The second-order valence-electron chi connectivity index (χ2n) is 7.03. The number of fused-ring (bicyclic) bond motifs is 1. The molecule has 5 heteroatoms. The molecule has 2 unspecified atom stereocenters. The Morgan fingerprint density at radius 1 is 1.20 bits per heavy atom. The molecule has 0 bridgehead atoms. The van der Waals surface area contributed by atoms with Gasteiger partial charge in [0.05, 0.1) is 0 Å². The highest BCUT2D eigenvalue weighted by Crippen LogP contribution is 2.37. The van der Waals surface area contributed by atoms with Crippen LogP contribution in [0.4, 0.5) is 4.79 Å². The molecule has 2 amide bonds. The fourth-order valence-electron chi connectivity index (χ4n) is 3.57. The van der Waals surface area contributed by atoms with Crippen LogP contribution >= 0.6 is 0 Å². The predicted molar refractivity (Wildman–Crippen MR) is 76.6 cm³/mol. The number of nitrogens with zero attached hydrogens (tertiary/aromatic N) is 2. The molecule has 2 fully saturated rings. The van der Waals surface area contributed by atoms with Gasteiger partial charge in [0, 0.05) is 18.1 Å². The lowest BCUT2D eigenvalue weighted by Crippen LogP contribution is -2.57. The van der Waals surface area contributed by atoms with E-state index in [0.717, 1.165) is 19.4 Å². The molecule has 1 aliphatic heterocycles. The monoisotopic (exact) mass is 282 g/mol. The lowest BCUT2D eigenvalue weighted by atomic mass is 9.92. The molecule has 1 saturated carbocycles. The molecule has 5 nitrogen and oxygen atoms in total. The van der Waals surface area contributed by atoms with E-state index in [0.29, 0.717) is 12.0 Å². The van der Waals surface area contributed by atoms with E-state index in [2.05, 4.69) is 0 Å². The van der Waals surface area contributed by atoms with E-state index in [-0.39, 0.29) is 12.6 Å². The van der Waals surface area contributed by atoms with Crippen LogP contribution in [0.1, 0.15) is 52.9 Å². The smallest absolute Gasteiger partial charge is 0.323 e. The molecule has 0 aromatic rings. The third-order valence-corrected chi connectivity index (χ3v) is 4.57. The van der Waals surface area contributed by atoms with Crippen LogP contribution in [-0.4, -0.2) is 51.6 Å². The molecule has 2 rings (SSSR count). The van der Waals surface area contributed by atoms with Gasteiger partial charge in [-0.3, -0.25) is 4.79 Å². The number of rotatable bonds is 2. The van der Waals surface area contributed by atoms with Crippen LogP contribution in [-0.2, 0) is 4.79 Å². The van der Waals surface area contributed by atoms with E-state index in [1.54, 1.807) is 0 Å². The zero-order valence-corrected chi connectivity index (χ0v) is 12.8. The summed E-state index contributed by atoms with van der Waals surface area (Å²) in [7, 11) is 0. The standard InChI is InChI=1S/C15H26N2O3/c1-15(2,3)17(10-13(18)19)14(20)16-9-5-7-11-6-4-8-12(11)16/h11-12H,4-10H2,1-3H3,(H,18,19). The molecule has 1 heterocycles.